The Kier molecular flexibility index (Phi) is 5.06. The predicted molar refractivity (Wildman–Crippen MR) is 99.4 cm³/mol. The van der Waals surface area contributed by atoms with Gasteiger partial charge >= 0.3 is 0 Å². The van der Waals surface area contributed by atoms with Gasteiger partial charge in [0.2, 0.25) is 0 Å². The van der Waals surface area contributed by atoms with Crippen LogP contribution in [0.4, 0.5) is 5.82 Å². The van der Waals surface area contributed by atoms with E-state index in [1.807, 2.05) is 18.4 Å². The fourth-order valence-electron chi connectivity index (χ4n) is 3.16. The molecule has 0 bridgehead atoms. The van der Waals surface area contributed by atoms with E-state index in [0.717, 1.165) is 41.6 Å². The van der Waals surface area contributed by atoms with Gasteiger partial charge in [0.1, 0.15) is 11.6 Å². The molecule has 4 nitrogen and oxygen atoms in total. The Morgan fingerprint density at radius 3 is 2.58 bits per heavy atom. The maximum atomic E-state index is 9.83. The van der Waals surface area contributed by atoms with Gasteiger partial charge in [-0.1, -0.05) is 41.6 Å². The molecule has 24 heavy (non-hydrogen) atoms. The highest BCUT2D eigenvalue weighted by atomic mass is 32.2. The third kappa shape index (κ3) is 3.25. The highest BCUT2D eigenvalue weighted by Gasteiger charge is 2.25. The summed E-state index contributed by atoms with van der Waals surface area (Å²) in [6, 6.07) is 11.0. The molecule has 0 radical (unpaired) electrons. The van der Waals surface area contributed by atoms with Gasteiger partial charge in [-0.3, -0.25) is 0 Å². The molecule has 5 heteroatoms. The number of thioether (sulfide) groups is 1. The first-order valence-corrected chi connectivity index (χ1v) is 9.56. The lowest BCUT2D eigenvalue weighted by atomic mass is 10.0. The SMILES string of the molecule is CSc1nc(-c2ccc(C)cc2)c(C#N)c(N2CCCCC2C)n1. The van der Waals surface area contributed by atoms with Crippen molar-refractivity contribution in [1.29, 1.82) is 5.26 Å². The standard InChI is InChI=1S/C19H22N4S/c1-13-7-9-15(10-8-13)17-16(12-20)18(22-19(21-17)24-3)23-11-5-4-6-14(23)2/h7-10,14H,4-6,11H2,1-3H3. The van der Waals surface area contributed by atoms with E-state index in [2.05, 4.69) is 41.9 Å². The predicted octanol–water partition coefficient (Wildman–Crippen LogP) is 4.42. The molecule has 2 aromatic rings. The zero-order valence-corrected chi connectivity index (χ0v) is 15.2. The monoisotopic (exact) mass is 338 g/mol. The van der Waals surface area contributed by atoms with Gasteiger partial charge in [-0.05, 0) is 39.4 Å². The summed E-state index contributed by atoms with van der Waals surface area (Å²) >= 11 is 1.52. The zero-order chi connectivity index (χ0) is 17.1. The van der Waals surface area contributed by atoms with Crippen molar-refractivity contribution in [2.24, 2.45) is 0 Å². The van der Waals surface area contributed by atoms with E-state index in [9.17, 15) is 5.26 Å². The Labute approximate surface area is 147 Å². The van der Waals surface area contributed by atoms with Crippen LogP contribution in [-0.2, 0) is 0 Å². The number of nitrogens with zero attached hydrogens (tertiary/aromatic N) is 4. The van der Waals surface area contributed by atoms with Crippen LogP contribution < -0.4 is 4.90 Å². The molecule has 0 saturated carbocycles. The first-order valence-electron chi connectivity index (χ1n) is 8.34. The maximum absolute atomic E-state index is 9.83. The summed E-state index contributed by atoms with van der Waals surface area (Å²) in [6.07, 6.45) is 5.51. The van der Waals surface area contributed by atoms with E-state index in [1.54, 1.807) is 0 Å². The topological polar surface area (TPSA) is 52.8 Å². The second-order valence-electron chi connectivity index (χ2n) is 6.27. The summed E-state index contributed by atoms with van der Waals surface area (Å²) in [5, 5.41) is 10.6. The van der Waals surface area contributed by atoms with Gasteiger partial charge in [-0.25, -0.2) is 9.97 Å². The first-order chi connectivity index (χ1) is 11.6. The van der Waals surface area contributed by atoms with E-state index < -0.39 is 0 Å². The molecule has 1 unspecified atom stereocenters. The van der Waals surface area contributed by atoms with Crippen molar-refractivity contribution in [1.82, 2.24) is 9.97 Å². The van der Waals surface area contributed by atoms with Crippen LogP contribution in [-0.4, -0.2) is 28.8 Å². The Morgan fingerprint density at radius 2 is 1.96 bits per heavy atom. The van der Waals surface area contributed by atoms with E-state index >= 15 is 0 Å². The smallest absolute Gasteiger partial charge is 0.189 e. The van der Waals surface area contributed by atoms with Crippen molar-refractivity contribution in [3.05, 3.63) is 35.4 Å². The second-order valence-corrected chi connectivity index (χ2v) is 7.05. The van der Waals surface area contributed by atoms with Gasteiger partial charge < -0.3 is 4.90 Å². The molecular weight excluding hydrogens is 316 g/mol. The van der Waals surface area contributed by atoms with Crippen LogP contribution in [0.3, 0.4) is 0 Å². The minimum absolute atomic E-state index is 0.404. The quantitative estimate of drug-likeness (QED) is 0.612. The molecule has 124 valence electrons. The third-order valence-electron chi connectivity index (χ3n) is 4.56. The lowest BCUT2D eigenvalue weighted by Crippen LogP contribution is -2.38. The number of piperidine rings is 1. The summed E-state index contributed by atoms with van der Waals surface area (Å²) in [4.78, 5) is 11.6. The van der Waals surface area contributed by atoms with E-state index in [0.29, 0.717) is 11.6 Å². The van der Waals surface area contributed by atoms with Crippen molar-refractivity contribution in [2.75, 3.05) is 17.7 Å². The molecular formula is C19H22N4S. The highest BCUT2D eigenvalue weighted by Crippen LogP contribution is 2.33. The maximum Gasteiger partial charge on any atom is 0.189 e. The summed E-state index contributed by atoms with van der Waals surface area (Å²) in [6.45, 7) is 5.23. The van der Waals surface area contributed by atoms with E-state index in [-0.39, 0.29) is 0 Å². The van der Waals surface area contributed by atoms with Gasteiger partial charge in [-0.15, -0.1) is 0 Å². The van der Waals surface area contributed by atoms with Crippen molar-refractivity contribution in [2.45, 2.75) is 44.3 Å². The van der Waals surface area contributed by atoms with Crippen molar-refractivity contribution in [3.63, 3.8) is 0 Å². The molecule has 1 saturated heterocycles. The molecule has 1 aliphatic rings. The lowest BCUT2D eigenvalue weighted by molar-refractivity contribution is 0.479. The normalized spacial score (nSPS) is 17.6. The molecule has 3 rings (SSSR count). The van der Waals surface area contributed by atoms with Gasteiger partial charge in [0.05, 0.1) is 5.69 Å². The van der Waals surface area contributed by atoms with Crippen LogP contribution in [0, 0.1) is 18.3 Å². The van der Waals surface area contributed by atoms with Gasteiger partial charge in [0, 0.05) is 18.2 Å². The summed E-state index contributed by atoms with van der Waals surface area (Å²) < 4.78 is 0. The number of benzene rings is 1. The molecule has 0 amide bonds. The van der Waals surface area contributed by atoms with Crippen molar-refractivity contribution < 1.29 is 0 Å². The number of hydrogen-bond donors (Lipinski definition) is 0. The molecule has 0 spiro atoms. The number of aryl methyl sites for hydroxylation is 1. The summed E-state index contributed by atoms with van der Waals surface area (Å²) in [7, 11) is 0. The summed E-state index contributed by atoms with van der Waals surface area (Å²) in [5.74, 6) is 0.791. The molecule has 1 aliphatic heterocycles. The number of nitriles is 1. The molecule has 1 aromatic carbocycles. The summed E-state index contributed by atoms with van der Waals surface area (Å²) in [5.41, 5.74) is 3.50. The minimum Gasteiger partial charge on any atom is -0.353 e. The molecule has 1 fully saturated rings. The zero-order valence-electron chi connectivity index (χ0n) is 14.4. The van der Waals surface area contributed by atoms with Crippen molar-refractivity contribution >= 4 is 17.6 Å². The number of anilines is 1. The number of aromatic nitrogens is 2. The molecule has 0 aliphatic carbocycles. The largest absolute Gasteiger partial charge is 0.353 e. The second kappa shape index (κ2) is 7.23. The molecule has 1 aromatic heterocycles. The van der Waals surface area contributed by atoms with Crippen LogP contribution in [0.25, 0.3) is 11.3 Å². The Morgan fingerprint density at radius 1 is 1.21 bits per heavy atom. The lowest BCUT2D eigenvalue weighted by Gasteiger charge is -2.35. The number of hydrogen-bond acceptors (Lipinski definition) is 5. The van der Waals surface area contributed by atoms with Gasteiger partial charge in [-0.2, -0.15) is 5.26 Å². The van der Waals surface area contributed by atoms with Crippen LogP contribution in [0.2, 0.25) is 0 Å². The minimum atomic E-state index is 0.404. The average molecular weight is 338 g/mol. The molecule has 2 heterocycles. The molecule has 1 atom stereocenters. The Balaban J connectivity index is 2.17. The van der Waals surface area contributed by atoms with Gasteiger partial charge in [0.25, 0.3) is 0 Å². The van der Waals surface area contributed by atoms with Crippen LogP contribution in [0.1, 0.15) is 37.3 Å². The van der Waals surface area contributed by atoms with Crippen LogP contribution in [0.5, 0.6) is 0 Å². The van der Waals surface area contributed by atoms with E-state index in [4.69, 9.17) is 4.98 Å². The number of rotatable bonds is 3. The third-order valence-corrected chi connectivity index (χ3v) is 5.11. The fraction of sp³-hybridized carbons (Fsp3) is 0.421. The average Bonchev–Trinajstić information content (AvgIpc) is 2.61. The van der Waals surface area contributed by atoms with E-state index in [1.165, 1.54) is 23.7 Å². The first kappa shape index (κ1) is 16.8. The van der Waals surface area contributed by atoms with Crippen molar-refractivity contribution in [3.8, 4) is 17.3 Å². The fourth-order valence-corrected chi connectivity index (χ4v) is 3.52. The molecule has 0 N–H and O–H groups in total. The van der Waals surface area contributed by atoms with Crippen LogP contribution >= 0.6 is 11.8 Å². The van der Waals surface area contributed by atoms with Crippen LogP contribution in [0.15, 0.2) is 29.4 Å². The Bertz CT molecular complexity index is 764. The van der Waals surface area contributed by atoms with Gasteiger partial charge in [0.15, 0.2) is 11.0 Å². The Hall–Kier alpha value is -2.06. The highest BCUT2D eigenvalue weighted by molar-refractivity contribution is 7.98.